The molecule has 1 aliphatic heterocycles. The fourth-order valence-corrected chi connectivity index (χ4v) is 2.63. The van der Waals surface area contributed by atoms with E-state index in [-0.39, 0.29) is 18.4 Å². The lowest BCUT2D eigenvalue weighted by Crippen LogP contribution is -2.52. The van der Waals surface area contributed by atoms with Crippen molar-refractivity contribution in [2.45, 2.75) is 13.8 Å². The van der Waals surface area contributed by atoms with Crippen molar-refractivity contribution in [3.63, 3.8) is 0 Å². The van der Waals surface area contributed by atoms with Crippen LogP contribution in [-0.4, -0.2) is 55.1 Å². The Labute approximate surface area is 138 Å². The van der Waals surface area contributed by atoms with Crippen molar-refractivity contribution in [3.8, 4) is 0 Å². The van der Waals surface area contributed by atoms with Crippen molar-refractivity contribution in [1.29, 1.82) is 0 Å². The Morgan fingerprint density at radius 2 is 1.62 bits per heavy atom. The number of rotatable bonds is 3. The number of urea groups is 1. The molecule has 2 amide bonds. The maximum Gasteiger partial charge on any atom is 0.320 e. The molecule has 0 aliphatic carbocycles. The number of carbonyl (C=O) groups excluding carboxylic acids is 1. The summed E-state index contributed by atoms with van der Waals surface area (Å²) in [7, 11) is 0. The van der Waals surface area contributed by atoms with E-state index in [4.69, 9.17) is 11.6 Å². The molecule has 1 aromatic carbocycles. The van der Waals surface area contributed by atoms with E-state index < -0.39 is 0 Å². The highest BCUT2D eigenvalue weighted by Crippen LogP contribution is 2.19. The lowest BCUT2D eigenvalue weighted by molar-refractivity contribution is 0.154. The number of halogens is 2. The van der Waals surface area contributed by atoms with Crippen LogP contribution in [0.1, 0.15) is 13.8 Å². The van der Waals surface area contributed by atoms with Crippen LogP contribution in [0, 0.1) is 0 Å². The number of nitrogens with zero attached hydrogens (tertiary/aromatic N) is 3. The predicted octanol–water partition coefficient (Wildman–Crippen LogP) is 3.35. The molecule has 1 fully saturated rings. The van der Waals surface area contributed by atoms with Gasteiger partial charge in [-0.1, -0.05) is 11.6 Å². The molecule has 0 atom stereocenters. The van der Waals surface area contributed by atoms with Gasteiger partial charge in [0.2, 0.25) is 0 Å². The summed E-state index contributed by atoms with van der Waals surface area (Å²) in [6.07, 6.45) is 0. The average molecular weight is 332 g/mol. The molecule has 2 rings (SSSR count). The van der Waals surface area contributed by atoms with Gasteiger partial charge in [-0.05, 0) is 38.1 Å². The second-order valence-corrected chi connectivity index (χ2v) is 5.34. The van der Waals surface area contributed by atoms with Crippen LogP contribution < -0.4 is 4.90 Å². The van der Waals surface area contributed by atoms with E-state index in [1.807, 2.05) is 47.9 Å². The molecular weight excluding hydrogens is 309 g/mol. The first-order valence-electron chi connectivity index (χ1n) is 7.20. The third-order valence-electron chi connectivity index (χ3n) is 3.78. The predicted molar refractivity (Wildman–Crippen MR) is 90.8 cm³/mol. The highest BCUT2D eigenvalue weighted by atomic mass is 35.5. The van der Waals surface area contributed by atoms with Crippen molar-refractivity contribution in [3.05, 3.63) is 29.3 Å². The van der Waals surface area contributed by atoms with Gasteiger partial charge in [0.25, 0.3) is 0 Å². The first-order chi connectivity index (χ1) is 9.65. The number of hydrogen-bond acceptors (Lipinski definition) is 2. The summed E-state index contributed by atoms with van der Waals surface area (Å²) < 4.78 is 0. The number of hydrogen-bond donors (Lipinski definition) is 0. The summed E-state index contributed by atoms with van der Waals surface area (Å²) >= 11 is 5.91. The van der Waals surface area contributed by atoms with Gasteiger partial charge in [0.15, 0.2) is 0 Å². The van der Waals surface area contributed by atoms with Gasteiger partial charge in [0.1, 0.15) is 0 Å². The third kappa shape index (κ3) is 4.42. The minimum atomic E-state index is 0. The standard InChI is InChI=1S/C15H22ClN3O.ClH/c1-3-17(4-2)15(20)19-11-9-18(10-12-19)14-7-5-13(16)6-8-14;/h5-8H,3-4,9-12H2,1-2H3;1H. The van der Waals surface area contributed by atoms with Gasteiger partial charge in [0, 0.05) is 50.0 Å². The molecule has 0 spiro atoms. The molecule has 0 bridgehead atoms. The van der Waals surface area contributed by atoms with Crippen LogP contribution >= 0.6 is 24.0 Å². The highest BCUT2D eigenvalue weighted by Gasteiger charge is 2.23. The molecule has 0 unspecified atom stereocenters. The molecule has 1 aliphatic rings. The van der Waals surface area contributed by atoms with Crippen LogP contribution in [0.25, 0.3) is 0 Å². The largest absolute Gasteiger partial charge is 0.368 e. The Bertz CT molecular complexity index is 441. The molecule has 1 aromatic rings. The van der Waals surface area contributed by atoms with E-state index in [1.54, 1.807) is 0 Å². The van der Waals surface area contributed by atoms with Crippen molar-refractivity contribution in [1.82, 2.24) is 9.80 Å². The van der Waals surface area contributed by atoms with Crippen LogP contribution in [0.2, 0.25) is 5.02 Å². The molecule has 0 radical (unpaired) electrons. The fraction of sp³-hybridized carbons (Fsp3) is 0.533. The van der Waals surface area contributed by atoms with Gasteiger partial charge in [0.05, 0.1) is 0 Å². The van der Waals surface area contributed by atoms with E-state index in [2.05, 4.69) is 4.90 Å². The van der Waals surface area contributed by atoms with Gasteiger partial charge in [-0.2, -0.15) is 0 Å². The van der Waals surface area contributed by atoms with Gasteiger partial charge in [-0.3, -0.25) is 0 Å². The second kappa shape index (κ2) is 8.35. The van der Waals surface area contributed by atoms with E-state index in [0.29, 0.717) is 0 Å². The Hall–Kier alpha value is -1.13. The maximum atomic E-state index is 12.3. The molecule has 0 N–H and O–H groups in total. The Morgan fingerprint density at radius 3 is 2.10 bits per heavy atom. The number of carbonyl (C=O) groups is 1. The van der Waals surface area contributed by atoms with Gasteiger partial charge in [-0.15, -0.1) is 12.4 Å². The lowest BCUT2D eigenvalue weighted by atomic mass is 10.2. The summed E-state index contributed by atoms with van der Waals surface area (Å²) in [4.78, 5) is 18.4. The molecule has 4 nitrogen and oxygen atoms in total. The molecule has 1 heterocycles. The first-order valence-corrected chi connectivity index (χ1v) is 7.57. The SMILES string of the molecule is CCN(CC)C(=O)N1CCN(c2ccc(Cl)cc2)CC1.Cl. The highest BCUT2D eigenvalue weighted by molar-refractivity contribution is 6.30. The van der Waals surface area contributed by atoms with Crippen LogP contribution in [0.4, 0.5) is 10.5 Å². The van der Waals surface area contributed by atoms with Gasteiger partial charge >= 0.3 is 6.03 Å². The van der Waals surface area contributed by atoms with E-state index in [0.717, 1.165) is 44.3 Å². The summed E-state index contributed by atoms with van der Waals surface area (Å²) in [6.45, 7) is 8.87. The fourth-order valence-electron chi connectivity index (χ4n) is 2.50. The number of amides is 2. The Morgan fingerprint density at radius 1 is 1.10 bits per heavy atom. The van der Waals surface area contributed by atoms with Crippen molar-refractivity contribution in [2.24, 2.45) is 0 Å². The van der Waals surface area contributed by atoms with E-state index in [9.17, 15) is 4.79 Å². The molecule has 1 saturated heterocycles. The van der Waals surface area contributed by atoms with Crippen molar-refractivity contribution >= 4 is 35.7 Å². The zero-order valence-electron chi connectivity index (χ0n) is 12.6. The first kappa shape index (κ1) is 17.9. The Kier molecular flexibility index (Phi) is 7.12. The second-order valence-electron chi connectivity index (χ2n) is 4.91. The van der Waals surface area contributed by atoms with Gasteiger partial charge in [-0.25, -0.2) is 4.79 Å². The molecular formula is C15H23Cl2N3O. The molecule has 0 saturated carbocycles. The minimum Gasteiger partial charge on any atom is -0.368 e. The molecule has 6 heteroatoms. The summed E-state index contributed by atoms with van der Waals surface area (Å²) in [5, 5.41) is 0.754. The van der Waals surface area contributed by atoms with E-state index >= 15 is 0 Å². The van der Waals surface area contributed by atoms with E-state index in [1.165, 1.54) is 5.69 Å². The number of piperazine rings is 1. The monoisotopic (exact) mass is 331 g/mol. The van der Waals surface area contributed by atoms with Crippen LogP contribution in [0.15, 0.2) is 24.3 Å². The zero-order chi connectivity index (χ0) is 14.5. The summed E-state index contributed by atoms with van der Waals surface area (Å²) in [5.74, 6) is 0. The maximum absolute atomic E-state index is 12.3. The van der Waals surface area contributed by atoms with Crippen LogP contribution in [0.5, 0.6) is 0 Å². The number of benzene rings is 1. The molecule has 21 heavy (non-hydrogen) atoms. The summed E-state index contributed by atoms with van der Waals surface area (Å²) in [6, 6.07) is 8.04. The Balaban J connectivity index is 0.00000220. The average Bonchev–Trinajstić information content (AvgIpc) is 2.49. The smallest absolute Gasteiger partial charge is 0.320 e. The quantitative estimate of drug-likeness (QED) is 0.849. The van der Waals surface area contributed by atoms with Crippen LogP contribution in [-0.2, 0) is 0 Å². The van der Waals surface area contributed by atoms with Gasteiger partial charge < -0.3 is 14.7 Å². The topological polar surface area (TPSA) is 26.8 Å². The van der Waals surface area contributed by atoms with Crippen molar-refractivity contribution in [2.75, 3.05) is 44.2 Å². The summed E-state index contributed by atoms with van der Waals surface area (Å²) in [5.41, 5.74) is 1.17. The van der Waals surface area contributed by atoms with Crippen molar-refractivity contribution < 1.29 is 4.79 Å². The van der Waals surface area contributed by atoms with Crippen LogP contribution in [0.3, 0.4) is 0 Å². The molecule has 118 valence electrons. The third-order valence-corrected chi connectivity index (χ3v) is 4.03. The number of anilines is 1. The normalized spacial score (nSPS) is 14.6. The zero-order valence-corrected chi connectivity index (χ0v) is 14.2. The molecule has 0 aromatic heterocycles. The lowest BCUT2D eigenvalue weighted by Gasteiger charge is -2.38. The minimum absolute atomic E-state index is 0.